The van der Waals surface area contributed by atoms with E-state index in [1.165, 1.54) is 127 Å². The molecule has 19 aromatic carbocycles. The molecule has 22 rings (SSSR count). The van der Waals surface area contributed by atoms with Crippen LogP contribution in [0.4, 0.5) is 0 Å². The second-order valence-electron chi connectivity index (χ2n) is 34.5. The molecule has 9 heteroatoms. The van der Waals surface area contributed by atoms with Gasteiger partial charge in [0.25, 0.3) is 0 Å². The summed E-state index contributed by atoms with van der Waals surface area (Å²) < 4.78 is 45.6. The van der Waals surface area contributed by atoms with E-state index in [4.69, 9.17) is 0 Å². The highest BCUT2D eigenvalue weighted by molar-refractivity contribution is 7.70. The second kappa shape index (κ2) is 34.9. The minimum atomic E-state index is -2.37. The van der Waals surface area contributed by atoms with Crippen molar-refractivity contribution < 1.29 is 13.7 Å². The Morgan fingerprint density at radius 1 is 0.140 bits per heavy atom. The SMILES string of the molecule is CP(C)(=O)c1cccc(-c2ccc3c(c2)c2ccc(-c4ccccc4)cc2n3-c2ccc(-c3ccccc3)cc2)c1.CP(C)(=O)c1cccc(-c2cccc(-c3ccc4c(c3)c3cc(-c5ccc(-c6ccccc6)cc5)ccc3n4-c3ccccc3)c2)c1.CP(C)(=O)c1cccc(-c2cccc(-n3c4cc(-c5ccccc5)ccc4c4ccc(-c5ccccc5)cc43)c2)c1. The lowest BCUT2D eigenvalue weighted by Gasteiger charge is -2.13. The van der Waals surface area contributed by atoms with E-state index in [-0.39, 0.29) is 0 Å². The average Bonchev–Trinajstić information content (AvgIpc) is 1.59. The first-order valence-electron chi connectivity index (χ1n) is 43.8. The topological polar surface area (TPSA) is 66.0 Å². The molecule has 0 saturated heterocycles. The standard InChI is InChI=1S/C44H34NOP.2C38H30NOP/c1-47(2,46)40-18-10-15-36(28-40)34-13-9-14-35(27-34)38-24-26-44-42(30-38)41-29-37(23-25-43(41)45(44)39-16-7-4-8-17-39)33-21-19-32(20-22-33)31-11-5-3-6-12-31;1-41(2,40)34-18-10-16-30(24-34)29-15-9-17-33(23-29)39-37-25-31(27-11-5-3-6-12-27)19-21-35(37)36-22-20-32(26-38(36)39)28-13-7-4-8-14-28;1-41(2,40)34-15-9-14-30(24-34)31-19-23-37-36(25-31)35-22-18-32(28-12-7-4-8-13-28)26-38(35)39(37)33-20-16-29(17-21-33)27-10-5-3-6-11-27/h3-30H,1-2H3;2*3-26H,1-2H3. The van der Waals surface area contributed by atoms with Gasteiger partial charge in [-0.05, 0) is 267 Å². The Morgan fingerprint density at radius 3 is 0.698 bits per heavy atom. The van der Waals surface area contributed by atoms with Crippen molar-refractivity contribution in [3.63, 3.8) is 0 Å². The van der Waals surface area contributed by atoms with E-state index in [1.54, 1.807) is 0 Å². The van der Waals surface area contributed by atoms with Crippen LogP contribution in [0.2, 0.25) is 0 Å². The molecule has 0 spiro atoms. The third-order valence-electron chi connectivity index (χ3n) is 24.9. The smallest absolute Gasteiger partial charge is 0.109 e. The van der Waals surface area contributed by atoms with Crippen molar-refractivity contribution >= 4 is 103 Å². The van der Waals surface area contributed by atoms with Crippen molar-refractivity contribution in [2.75, 3.05) is 40.0 Å². The average molecular weight is 1720 g/mol. The molecule has 0 aliphatic rings. The molecule has 0 amide bonds. The predicted molar refractivity (Wildman–Crippen MR) is 554 cm³/mol. The van der Waals surface area contributed by atoms with Gasteiger partial charge in [0, 0.05) is 65.3 Å². The van der Waals surface area contributed by atoms with Crippen LogP contribution >= 0.6 is 21.4 Å². The van der Waals surface area contributed by atoms with Crippen LogP contribution in [0.5, 0.6) is 0 Å². The largest absolute Gasteiger partial charge is 0.319 e. The molecule has 6 nitrogen and oxygen atoms in total. The fraction of sp³-hybridized carbons (Fsp3) is 0.0500. The quantitative estimate of drug-likeness (QED) is 0.0906. The van der Waals surface area contributed by atoms with Crippen molar-refractivity contribution in [1.29, 1.82) is 0 Å². The van der Waals surface area contributed by atoms with Crippen LogP contribution in [0.15, 0.2) is 461 Å². The molecule has 0 bridgehead atoms. The van der Waals surface area contributed by atoms with Gasteiger partial charge in [-0.3, -0.25) is 0 Å². The van der Waals surface area contributed by atoms with E-state index < -0.39 is 21.4 Å². The first kappa shape index (κ1) is 82.5. The molecule has 0 N–H and O–H groups in total. The predicted octanol–water partition coefficient (Wildman–Crippen LogP) is 31.8. The summed E-state index contributed by atoms with van der Waals surface area (Å²) in [4.78, 5) is 0. The zero-order valence-electron chi connectivity index (χ0n) is 72.8. The fourth-order valence-electron chi connectivity index (χ4n) is 18.1. The lowest BCUT2D eigenvalue weighted by Crippen LogP contribution is -2.02. The summed E-state index contributed by atoms with van der Waals surface area (Å²) in [5, 5.41) is 10.0. The second-order valence-corrected chi connectivity index (χ2v) is 44.2. The van der Waals surface area contributed by atoms with Crippen LogP contribution in [-0.4, -0.2) is 53.7 Å². The Hall–Kier alpha value is -14.7. The molecule has 0 radical (unpaired) electrons. The van der Waals surface area contributed by atoms with E-state index >= 15 is 0 Å². The summed E-state index contributed by atoms with van der Waals surface area (Å²) in [7, 11) is -7.07. The summed E-state index contributed by atoms with van der Waals surface area (Å²) in [5.74, 6) is 0. The number of benzene rings is 19. The molecule has 129 heavy (non-hydrogen) atoms. The molecule has 0 aliphatic heterocycles. The highest BCUT2D eigenvalue weighted by atomic mass is 31.2. The Bertz CT molecular complexity index is 8010. The highest BCUT2D eigenvalue weighted by Gasteiger charge is 2.23. The van der Waals surface area contributed by atoms with Crippen molar-refractivity contribution in [3.05, 3.63) is 461 Å². The number of nitrogens with zero attached hydrogens (tertiary/aromatic N) is 3. The Labute approximate surface area is 754 Å². The van der Waals surface area contributed by atoms with E-state index in [9.17, 15) is 13.7 Å². The number of rotatable bonds is 16. The molecule has 0 aliphatic carbocycles. The van der Waals surface area contributed by atoms with Gasteiger partial charge in [0.15, 0.2) is 0 Å². The van der Waals surface area contributed by atoms with Gasteiger partial charge in [-0.25, -0.2) is 0 Å². The van der Waals surface area contributed by atoms with Crippen LogP contribution < -0.4 is 15.9 Å². The normalized spacial score (nSPS) is 11.7. The van der Waals surface area contributed by atoms with Crippen molar-refractivity contribution in [3.8, 4) is 128 Å². The molecule has 22 aromatic rings. The van der Waals surface area contributed by atoms with Crippen LogP contribution in [0.3, 0.4) is 0 Å². The van der Waals surface area contributed by atoms with Crippen molar-refractivity contribution in [2.45, 2.75) is 0 Å². The lowest BCUT2D eigenvalue weighted by molar-refractivity contribution is 0.587. The summed E-state index contributed by atoms with van der Waals surface area (Å²) in [6.07, 6.45) is 0. The summed E-state index contributed by atoms with van der Waals surface area (Å²) in [6, 6.07) is 164. The maximum Gasteiger partial charge on any atom is 0.109 e. The van der Waals surface area contributed by atoms with Crippen LogP contribution in [-0.2, 0) is 13.7 Å². The van der Waals surface area contributed by atoms with Crippen molar-refractivity contribution in [2.24, 2.45) is 0 Å². The van der Waals surface area contributed by atoms with Gasteiger partial charge in [0.05, 0.1) is 33.1 Å². The minimum absolute atomic E-state index is 0.900. The van der Waals surface area contributed by atoms with E-state index in [0.717, 1.165) is 83.0 Å². The number of hydrogen-bond acceptors (Lipinski definition) is 3. The molecule has 0 atom stereocenters. The number of para-hydroxylation sites is 1. The molecule has 0 fully saturated rings. The van der Waals surface area contributed by atoms with E-state index in [1.807, 2.05) is 82.5 Å². The third kappa shape index (κ3) is 17.0. The Balaban J connectivity index is 0.000000122. The maximum absolute atomic E-state index is 12.8. The van der Waals surface area contributed by atoms with Gasteiger partial charge in [0.2, 0.25) is 0 Å². The zero-order chi connectivity index (χ0) is 87.9. The Kier molecular flexibility index (Phi) is 22.3. The van der Waals surface area contributed by atoms with E-state index in [2.05, 4.69) is 432 Å². The molecule has 3 heterocycles. The molecule has 0 saturated carbocycles. The first-order chi connectivity index (χ1) is 62.8. The zero-order valence-corrected chi connectivity index (χ0v) is 75.5. The monoisotopic (exact) mass is 1720 g/mol. The minimum Gasteiger partial charge on any atom is -0.319 e. The Morgan fingerprint density at radius 2 is 0.341 bits per heavy atom. The molecule has 0 unspecified atom stereocenters. The third-order valence-corrected chi connectivity index (χ3v) is 29.5. The van der Waals surface area contributed by atoms with Gasteiger partial charge < -0.3 is 27.4 Å². The van der Waals surface area contributed by atoms with Gasteiger partial charge in [-0.15, -0.1) is 0 Å². The van der Waals surface area contributed by atoms with Gasteiger partial charge in [0.1, 0.15) is 21.4 Å². The number of fused-ring (bicyclic) bond motifs is 9. The van der Waals surface area contributed by atoms with E-state index in [0.29, 0.717) is 0 Å². The lowest BCUT2D eigenvalue weighted by atomic mass is 9.97. The summed E-state index contributed by atoms with van der Waals surface area (Å²) in [6.45, 7) is 11.0. The van der Waals surface area contributed by atoms with Gasteiger partial charge in [-0.2, -0.15) is 0 Å². The maximum atomic E-state index is 12.8. The van der Waals surface area contributed by atoms with Crippen LogP contribution in [0, 0.1) is 0 Å². The molecule has 622 valence electrons. The highest BCUT2D eigenvalue weighted by Crippen LogP contribution is 2.45. The van der Waals surface area contributed by atoms with Crippen LogP contribution in [0.1, 0.15) is 0 Å². The first-order valence-corrected chi connectivity index (χ1v) is 51.6. The van der Waals surface area contributed by atoms with Gasteiger partial charge >= 0.3 is 0 Å². The summed E-state index contributed by atoms with van der Waals surface area (Å²) >= 11 is 0. The summed E-state index contributed by atoms with van der Waals surface area (Å²) in [5.41, 5.74) is 33.7. The number of aromatic nitrogens is 3. The van der Waals surface area contributed by atoms with Gasteiger partial charge in [-0.1, -0.05) is 346 Å². The fourth-order valence-corrected chi connectivity index (χ4v) is 20.8. The molecular formula is C120H94N3O3P3. The number of hydrogen-bond donors (Lipinski definition) is 0. The molecular weight excluding hydrogens is 1620 g/mol. The molecule has 3 aromatic heterocycles. The van der Waals surface area contributed by atoms with Crippen molar-refractivity contribution in [1.82, 2.24) is 13.7 Å². The van der Waals surface area contributed by atoms with Crippen LogP contribution in [0.25, 0.3) is 194 Å².